The van der Waals surface area contributed by atoms with E-state index in [0.29, 0.717) is 17.3 Å². The number of nitrogens with zero attached hydrogens (tertiary/aromatic N) is 3. The number of carbonyl (C=O) groups excluding carboxylic acids is 1. The number of benzene rings is 1. The molecule has 0 aliphatic carbocycles. The number of ketones is 1. The Morgan fingerprint density at radius 2 is 2.00 bits per heavy atom. The minimum absolute atomic E-state index is 0.0298. The van der Waals surface area contributed by atoms with E-state index in [0.717, 1.165) is 34.1 Å². The summed E-state index contributed by atoms with van der Waals surface area (Å²) in [6.07, 6.45) is 1.75. The fourth-order valence-corrected chi connectivity index (χ4v) is 3.12. The van der Waals surface area contributed by atoms with Crippen LogP contribution in [0.1, 0.15) is 42.5 Å². The Balaban J connectivity index is 2.20. The zero-order valence-electron chi connectivity index (χ0n) is 15.1. The molecule has 5 heteroatoms. The number of aliphatic hydroxyl groups is 1. The lowest BCUT2D eigenvalue weighted by atomic mass is 10.00. The predicted molar refractivity (Wildman–Crippen MR) is 98.5 cm³/mol. The second-order valence-electron chi connectivity index (χ2n) is 6.87. The molecular formula is C20H23N3O2. The minimum atomic E-state index is -0.0746. The van der Waals surface area contributed by atoms with Crippen molar-refractivity contribution in [3.8, 4) is 11.1 Å². The monoisotopic (exact) mass is 337 g/mol. The van der Waals surface area contributed by atoms with Gasteiger partial charge in [-0.05, 0) is 42.2 Å². The van der Waals surface area contributed by atoms with Gasteiger partial charge in [0.2, 0.25) is 0 Å². The molecule has 0 radical (unpaired) electrons. The van der Waals surface area contributed by atoms with Gasteiger partial charge in [-0.1, -0.05) is 19.9 Å². The SMILES string of the molecule is CC(=O)c1nn(CC(C)C)c2c(C)cc(-c3ccc(CO)nc3)cc12. The first kappa shape index (κ1) is 17.3. The topological polar surface area (TPSA) is 68.0 Å². The third-order valence-electron chi connectivity index (χ3n) is 4.23. The molecule has 2 aromatic heterocycles. The first-order valence-corrected chi connectivity index (χ1v) is 8.49. The van der Waals surface area contributed by atoms with E-state index in [1.165, 1.54) is 0 Å². The van der Waals surface area contributed by atoms with Crippen molar-refractivity contribution in [1.29, 1.82) is 0 Å². The summed E-state index contributed by atoms with van der Waals surface area (Å²) in [6, 6.07) is 7.85. The van der Waals surface area contributed by atoms with Crippen molar-refractivity contribution in [3.05, 3.63) is 47.4 Å². The van der Waals surface area contributed by atoms with Crippen LogP contribution in [0.3, 0.4) is 0 Å². The number of aryl methyl sites for hydroxylation is 1. The largest absolute Gasteiger partial charge is 0.390 e. The van der Waals surface area contributed by atoms with Gasteiger partial charge in [-0.3, -0.25) is 14.5 Å². The number of aromatic nitrogens is 3. The second-order valence-corrected chi connectivity index (χ2v) is 6.87. The maximum atomic E-state index is 12.1. The Morgan fingerprint density at radius 3 is 2.56 bits per heavy atom. The van der Waals surface area contributed by atoms with Gasteiger partial charge >= 0.3 is 0 Å². The van der Waals surface area contributed by atoms with Crippen molar-refractivity contribution < 1.29 is 9.90 Å². The van der Waals surface area contributed by atoms with E-state index in [9.17, 15) is 4.79 Å². The Labute approximate surface area is 147 Å². The molecule has 3 rings (SSSR count). The maximum absolute atomic E-state index is 12.1. The van der Waals surface area contributed by atoms with E-state index in [1.54, 1.807) is 13.1 Å². The molecule has 0 unspecified atom stereocenters. The van der Waals surface area contributed by atoms with Gasteiger partial charge in [-0.25, -0.2) is 0 Å². The van der Waals surface area contributed by atoms with Gasteiger partial charge in [0.25, 0.3) is 0 Å². The summed E-state index contributed by atoms with van der Waals surface area (Å²) in [5.41, 5.74) is 5.19. The molecular weight excluding hydrogens is 314 g/mol. The highest BCUT2D eigenvalue weighted by Crippen LogP contribution is 2.30. The minimum Gasteiger partial charge on any atom is -0.390 e. The molecule has 0 atom stereocenters. The van der Waals surface area contributed by atoms with Gasteiger partial charge in [0, 0.05) is 30.6 Å². The second kappa shape index (κ2) is 6.76. The van der Waals surface area contributed by atoms with Gasteiger partial charge in [-0.15, -0.1) is 0 Å². The normalized spacial score (nSPS) is 11.4. The highest BCUT2D eigenvalue weighted by Gasteiger charge is 2.18. The van der Waals surface area contributed by atoms with Gasteiger partial charge in [0.15, 0.2) is 5.78 Å². The molecule has 0 fully saturated rings. The summed E-state index contributed by atoms with van der Waals surface area (Å²) >= 11 is 0. The predicted octanol–water partition coefficient (Wildman–Crippen LogP) is 3.76. The van der Waals surface area contributed by atoms with Crippen molar-refractivity contribution in [3.63, 3.8) is 0 Å². The van der Waals surface area contributed by atoms with Crippen LogP contribution in [0.2, 0.25) is 0 Å². The molecule has 0 saturated heterocycles. The Bertz CT molecular complexity index is 924. The third-order valence-corrected chi connectivity index (χ3v) is 4.23. The molecule has 0 aliphatic rings. The number of pyridine rings is 1. The van der Waals surface area contributed by atoms with E-state index in [2.05, 4.69) is 30.0 Å². The first-order valence-electron chi connectivity index (χ1n) is 8.49. The van der Waals surface area contributed by atoms with Gasteiger partial charge in [0.05, 0.1) is 17.8 Å². The van der Waals surface area contributed by atoms with E-state index < -0.39 is 0 Å². The maximum Gasteiger partial charge on any atom is 0.180 e. The molecule has 130 valence electrons. The fraction of sp³-hybridized carbons (Fsp3) is 0.350. The molecule has 0 bridgehead atoms. The lowest BCUT2D eigenvalue weighted by Crippen LogP contribution is -2.07. The van der Waals surface area contributed by atoms with Crippen molar-refractivity contribution in [1.82, 2.24) is 14.8 Å². The Hall–Kier alpha value is -2.53. The van der Waals surface area contributed by atoms with Crippen LogP contribution in [0.4, 0.5) is 0 Å². The van der Waals surface area contributed by atoms with E-state index in [1.807, 2.05) is 29.8 Å². The number of rotatable bonds is 5. The molecule has 2 heterocycles. The smallest absolute Gasteiger partial charge is 0.180 e. The quantitative estimate of drug-likeness (QED) is 0.720. The van der Waals surface area contributed by atoms with Gasteiger partial charge in [0.1, 0.15) is 5.69 Å². The van der Waals surface area contributed by atoms with Crippen LogP contribution in [0.5, 0.6) is 0 Å². The molecule has 0 aliphatic heterocycles. The first-order chi connectivity index (χ1) is 11.9. The summed E-state index contributed by atoms with van der Waals surface area (Å²) < 4.78 is 1.95. The van der Waals surface area contributed by atoms with E-state index in [-0.39, 0.29) is 12.4 Å². The zero-order valence-corrected chi connectivity index (χ0v) is 15.1. The lowest BCUT2D eigenvalue weighted by molar-refractivity contribution is 0.101. The van der Waals surface area contributed by atoms with E-state index in [4.69, 9.17) is 5.11 Å². The molecule has 25 heavy (non-hydrogen) atoms. The average Bonchev–Trinajstić information content (AvgIpc) is 2.93. The number of fused-ring (bicyclic) bond motifs is 1. The number of Topliss-reactive ketones (excluding diaryl/α,β-unsaturated/α-hetero) is 1. The van der Waals surface area contributed by atoms with Crippen LogP contribution in [-0.4, -0.2) is 25.7 Å². The summed E-state index contributed by atoms with van der Waals surface area (Å²) in [5, 5.41) is 14.6. The summed E-state index contributed by atoms with van der Waals surface area (Å²) in [6.45, 7) is 8.58. The molecule has 1 aromatic carbocycles. The fourth-order valence-electron chi connectivity index (χ4n) is 3.12. The van der Waals surface area contributed by atoms with Crippen molar-refractivity contribution >= 4 is 16.7 Å². The Kier molecular flexibility index (Phi) is 4.68. The number of carbonyl (C=O) groups is 1. The van der Waals surface area contributed by atoms with E-state index >= 15 is 0 Å². The Morgan fingerprint density at radius 1 is 1.24 bits per heavy atom. The average molecular weight is 337 g/mol. The molecule has 3 aromatic rings. The molecule has 5 nitrogen and oxygen atoms in total. The standard InChI is InChI=1S/C20H23N3O2/c1-12(2)10-23-20-13(3)7-16(8-18(20)19(22-23)14(4)25)15-5-6-17(11-24)21-9-15/h5-9,12,24H,10-11H2,1-4H3. The van der Waals surface area contributed by atoms with Crippen LogP contribution in [-0.2, 0) is 13.2 Å². The van der Waals surface area contributed by atoms with Crippen molar-refractivity contribution in [2.24, 2.45) is 5.92 Å². The highest BCUT2D eigenvalue weighted by atomic mass is 16.3. The summed E-state index contributed by atoms with van der Waals surface area (Å²) in [7, 11) is 0. The van der Waals surface area contributed by atoms with Crippen LogP contribution >= 0.6 is 0 Å². The summed E-state index contributed by atoms with van der Waals surface area (Å²) in [4.78, 5) is 16.3. The number of hydrogen-bond donors (Lipinski definition) is 1. The highest BCUT2D eigenvalue weighted by molar-refractivity contribution is 6.06. The third kappa shape index (κ3) is 3.33. The molecule has 1 N–H and O–H groups in total. The number of hydrogen-bond acceptors (Lipinski definition) is 4. The van der Waals surface area contributed by atoms with Crippen LogP contribution in [0.25, 0.3) is 22.0 Å². The van der Waals surface area contributed by atoms with Crippen molar-refractivity contribution in [2.75, 3.05) is 0 Å². The van der Waals surface area contributed by atoms with Crippen LogP contribution in [0.15, 0.2) is 30.5 Å². The van der Waals surface area contributed by atoms with Crippen LogP contribution in [0, 0.1) is 12.8 Å². The van der Waals surface area contributed by atoms with Gasteiger partial charge < -0.3 is 5.11 Å². The summed E-state index contributed by atoms with van der Waals surface area (Å²) in [5.74, 6) is 0.412. The molecule has 0 saturated carbocycles. The molecule has 0 amide bonds. The van der Waals surface area contributed by atoms with Gasteiger partial charge in [-0.2, -0.15) is 5.10 Å². The van der Waals surface area contributed by atoms with Crippen LogP contribution < -0.4 is 0 Å². The lowest BCUT2D eigenvalue weighted by Gasteiger charge is -2.10. The zero-order chi connectivity index (χ0) is 18.1. The number of aliphatic hydroxyl groups excluding tert-OH is 1. The van der Waals surface area contributed by atoms with Crippen molar-refractivity contribution in [2.45, 2.75) is 40.8 Å². The molecule has 0 spiro atoms.